The molecule has 4 rings (SSSR count). The van der Waals surface area contributed by atoms with Crippen LogP contribution < -0.4 is 5.32 Å². The summed E-state index contributed by atoms with van der Waals surface area (Å²) in [5.74, 6) is 0.364. The van der Waals surface area contributed by atoms with Crippen molar-refractivity contribution in [3.8, 4) is 0 Å². The molecule has 5 heteroatoms. The molecule has 1 amide bonds. The van der Waals surface area contributed by atoms with Gasteiger partial charge in [-0.3, -0.25) is 10.1 Å². The standard InChI is InChI=1S/C15H20N2OS2/c1-19-11-5-4-10(9-11)17-13(12-3-2-8-20-12)16-15(6-7-15)14(17)18/h2-3,8,10-11,13,16H,4-7,9H2,1H3. The number of carbonyl (C=O) groups excluding carboxylic acids is 1. The Hall–Kier alpha value is -0.520. The van der Waals surface area contributed by atoms with E-state index in [1.54, 1.807) is 11.3 Å². The fourth-order valence-electron chi connectivity index (χ4n) is 3.66. The molecule has 1 aromatic heterocycles. The Morgan fingerprint density at radius 3 is 2.90 bits per heavy atom. The van der Waals surface area contributed by atoms with Gasteiger partial charge in [-0.1, -0.05) is 6.07 Å². The summed E-state index contributed by atoms with van der Waals surface area (Å²) in [4.78, 5) is 16.3. The van der Waals surface area contributed by atoms with Crippen molar-refractivity contribution in [3.05, 3.63) is 22.4 Å². The topological polar surface area (TPSA) is 32.3 Å². The largest absolute Gasteiger partial charge is 0.317 e. The lowest BCUT2D eigenvalue weighted by molar-refractivity contribution is -0.133. The molecule has 1 aromatic rings. The number of hydrogen-bond donors (Lipinski definition) is 1. The normalized spacial score (nSPS) is 35.1. The van der Waals surface area contributed by atoms with Crippen molar-refractivity contribution < 1.29 is 4.79 Å². The predicted octanol–water partition coefficient (Wildman–Crippen LogP) is 3.00. The summed E-state index contributed by atoms with van der Waals surface area (Å²) in [6.45, 7) is 0. The highest BCUT2D eigenvalue weighted by Crippen LogP contribution is 2.49. The van der Waals surface area contributed by atoms with Gasteiger partial charge in [-0.25, -0.2) is 0 Å². The van der Waals surface area contributed by atoms with Crippen molar-refractivity contribution in [1.82, 2.24) is 10.2 Å². The van der Waals surface area contributed by atoms with E-state index in [9.17, 15) is 4.79 Å². The Morgan fingerprint density at radius 1 is 1.45 bits per heavy atom. The van der Waals surface area contributed by atoms with E-state index in [0.29, 0.717) is 11.9 Å². The van der Waals surface area contributed by atoms with Crippen LogP contribution in [-0.4, -0.2) is 33.9 Å². The van der Waals surface area contributed by atoms with Gasteiger partial charge in [0.1, 0.15) is 11.7 Å². The van der Waals surface area contributed by atoms with Gasteiger partial charge in [0, 0.05) is 16.2 Å². The van der Waals surface area contributed by atoms with Crippen LogP contribution in [0.4, 0.5) is 0 Å². The van der Waals surface area contributed by atoms with Gasteiger partial charge in [0.25, 0.3) is 0 Å². The highest BCUT2D eigenvalue weighted by molar-refractivity contribution is 7.99. The quantitative estimate of drug-likeness (QED) is 0.931. The van der Waals surface area contributed by atoms with Gasteiger partial charge in [0.15, 0.2) is 0 Å². The van der Waals surface area contributed by atoms with Crippen LogP contribution in [0, 0.1) is 0 Å². The monoisotopic (exact) mass is 308 g/mol. The van der Waals surface area contributed by atoms with Crippen LogP contribution in [0.3, 0.4) is 0 Å². The van der Waals surface area contributed by atoms with Crippen LogP contribution in [0.5, 0.6) is 0 Å². The molecule has 3 unspecified atom stereocenters. The van der Waals surface area contributed by atoms with Gasteiger partial charge in [0.05, 0.1) is 0 Å². The fraction of sp³-hybridized carbons (Fsp3) is 0.667. The average molecular weight is 308 g/mol. The predicted molar refractivity (Wildman–Crippen MR) is 83.9 cm³/mol. The fourth-order valence-corrected chi connectivity index (χ4v) is 5.22. The summed E-state index contributed by atoms with van der Waals surface area (Å²) in [7, 11) is 0. The maximum atomic E-state index is 12.8. The molecule has 1 N–H and O–H groups in total. The number of nitrogens with one attached hydrogen (secondary N) is 1. The molecule has 3 aliphatic rings. The summed E-state index contributed by atoms with van der Waals surface area (Å²) in [6, 6.07) is 4.67. The first-order valence-corrected chi connectivity index (χ1v) is 9.57. The maximum absolute atomic E-state index is 12.8. The second kappa shape index (κ2) is 4.75. The maximum Gasteiger partial charge on any atom is 0.244 e. The molecule has 1 spiro atoms. The van der Waals surface area contributed by atoms with E-state index < -0.39 is 0 Å². The molecular weight excluding hydrogens is 288 g/mol. The first kappa shape index (κ1) is 13.2. The molecule has 0 radical (unpaired) electrons. The molecule has 3 fully saturated rings. The first-order chi connectivity index (χ1) is 9.73. The summed E-state index contributed by atoms with van der Waals surface area (Å²) < 4.78 is 0. The van der Waals surface area contributed by atoms with Crippen LogP contribution in [0.2, 0.25) is 0 Å². The van der Waals surface area contributed by atoms with Crippen molar-refractivity contribution in [2.45, 2.75) is 55.1 Å². The Bertz CT molecular complexity index is 512. The van der Waals surface area contributed by atoms with Crippen molar-refractivity contribution in [2.24, 2.45) is 0 Å². The lowest BCUT2D eigenvalue weighted by Crippen LogP contribution is -2.39. The highest BCUT2D eigenvalue weighted by Gasteiger charge is 2.61. The van der Waals surface area contributed by atoms with E-state index in [-0.39, 0.29) is 11.7 Å². The van der Waals surface area contributed by atoms with Crippen molar-refractivity contribution >= 4 is 29.0 Å². The van der Waals surface area contributed by atoms with Gasteiger partial charge >= 0.3 is 0 Å². The second-order valence-electron chi connectivity index (χ2n) is 6.18. The number of carbonyl (C=O) groups is 1. The van der Waals surface area contributed by atoms with E-state index in [1.165, 1.54) is 11.3 Å². The zero-order valence-corrected chi connectivity index (χ0v) is 13.3. The smallest absolute Gasteiger partial charge is 0.244 e. The highest BCUT2D eigenvalue weighted by atomic mass is 32.2. The van der Waals surface area contributed by atoms with Crippen LogP contribution in [0.25, 0.3) is 0 Å². The average Bonchev–Trinajstić information content (AvgIpc) is 2.88. The van der Waals surface area contributed by atoms with E-state index in [4.69, 9.17) is 0 Å². The van der Waals surface area contributed by atoms with Gasteiger partial charge < -0.3 is 4.90 Å². The summed E-state index contributed by atoms with van der Waals surface area (Å²) in [6.07, 6.45) is 7.92. The van der Waals surface area contributed by atoms with Gasteiger partial charge in [-0.05, 0) is 49.8 Å². The molecule has 1 aliphatic heterocycles. The number of rotatable bonds is 3. The summed E-state index contributed by atoms with van der Waals surface area (Å²) in [5, 5.41) is 6.47. The Labute approximate surface area is 128 Å². The van der Waals surface area contributed by atoms with Crippen LogP contribution in [0.1, 0.15) is 43.1 Å². The number of amides is 1. The van der Waals surface area contributed by atoms with Gasteiger partial charge in [0.2, 0.25) is 5.91 Å². The Kier molecular flexibility index (Phi) is 3.13. The number of hydrogen-bond acceptors (Lipinski definition) is 4. The van der Waals surface area contributed by atoms with Crippen molar-refractivity contribution in [2.75, 3.05) is 6.26 Å². The second-order valence-corrected chi connectivity index (χ2v) is 8.30. The zero-order chi connectivity index (χ0) is 13.7. The summed E-state index contributed by atoms with van der Waals surface area (Å²) in [5.41, 5.74) is -0.202. The van der Waals surface area contributed by atoms with E-state index in [1.807, 2.05) is 11.8 Å². The van der Waals surface area contributed by atoms with Crippen LogP contribution >= 0.6 is 23.1 Å². The number of thiophene rings is 1. The van der Waals surface area contributed by atoms with Crippen molar-refractivity contribution in [1.29, 1.82) is 0 Å². The lowest BCUT2D eigenvalue weighted by Gasteiger charge is -2.29. The SMILES string of the molecule is CSC1CCC(N2C(=O)C3(CC3)NC2c2cccs2)C1. The Morgan fingerprint density at radius 2 is 2.30 bits per heavy atom. The van der Waals surface area contributed by atoms with E-state index in [2.05, 4.69) is 34.0 Å². The van der Waals surface area contributed by atoms with Gasteiger partial charge in [-0.2, -0.15) is 11.8 Å². The Balaban J connectivity index is 1.62. The minimum Gasteiger partial charge on any atom is -0.317 e. The molecule has 0 bridgehead atoms. The molecule has 2 aliphatic carbocycles. The third kappa shape index (κ3) is 1.94. The minimum absolute atomic E-state index is 0.121. The number of nitrogens with zero attached hydrogens (tertiary/aromatic N) is 1. The zero-order valence-electron chi connectivity index (χ0n) is 11.7. The van der Waals surface area contributed by atoms with Crippen LogP contribution in [-0.2, 0) is 4.79 Å². The minimum atomic E-state index is -0.202. The molecule has 3 atom stereocenters. The van der Waals surface area contributed by atoms with Crippen molar-refractivity contribution in [3.63, 3.8) is 0 Å². The first-order valence-electron chi connectivity index (χ1n) is 7.40. The molecule has 20 heavy (non-hydrogen) atoms. The molecule has 108 valence electrons. The summed E-state index contributed by atoms with van der Waals surface area (Å²) >= 11 is 3.71. The molecule has 0 aromatic carbocycles. The van der Waals surface area contributed by atoms with Gasteiger partial charge in [-0.15, -0.1) is 11.3 Å². The molecular formula is C15H20N2OS2. The molecule has 2 heterocycles. The van der Waals surface area contributed by atoms with E-state index >= 15 is 0 Å². The third-order valence-electron chi connectivity index (χ3n) is 4.98. The van der Waals surface area contributed by atoms with Crippen LogP contribution in [0.15, 0.2) is 17.5 Å². The molecule has 1 saturated heterocycles. The molecule has 3 nitrogen and oxygen atoms in total. The lowest BCUT2D eigenvalue weighted by atomic mass is 10.2. The number of thioether (sulfide) groups is 1. The van der Waals surface area contributed by atoms with E-state index in [0.717, 1.165) is 30.9 Å². The molecule has 2 saturated carbocycles. The third-order valence-corrected chi connectivity index (χ3v) is 7.00.